The number of aliphatic hydroxyl groups excluding tert-OH is 1. The Hall–Kier alpha value is -1.21. The van der Waals surface area contributed by atoms with E-state index in [-0.39, 0.29) is 43.1 Å². The minimum absolute atomic E-state index is 0. The number of aliphatic hydroxyl groups is 1. The lowest BCUT2D eigenvalue weighted by atomic mass is 10.1. The number of hydrogen-bond donors (Lipinski definition) is 3. The lowest BCUT2D eigenvalue weighted by Gasteiger charge is -2.23. The second kappa shape index (κ2) is 8.94. The van der Waals surface area contributed by atoms with Crippen LogP contribution in [-0.2, 0) is 22.7 Å². The Kier molecular flexibility index (Phi) is 7.60. The summed E-state index contributed by atoms with van der Waals surface area (Å²) < 4.78 is 18.7. The minimum atomic E-state index is -0.457. The summed E-state index contributed by atoms with van der Waals surface area (Å²) in [4.78, 5) is 11.8. The van der Waals surface area contributed by atoms with Gasteiger partial charge in [-0.25, -0.2) is 4.39 Å². The van der Waals surface area contributed by atoms with Gasteiger partial charge in [0.05, 0.1) is 19.8 Å². The molecule has 0 bridgehead atoms. The molecule has 5 nitrogen and oxygen atoms in total. The van der Waals surface area contributed by atoms with Gasteiger partial charge < -0.3 is 20.5 Å². The van der Waals surface area contributed by atoms with Gasteiger partial charge in [-0.1, -0.05) is 12.1 Å². The molecule has 1 fully saturated rings. The van der Waals surface area contributed by atoms with Gasteiger partial charge in [0, 0.05) is 31.1 Å². The Morgan fingerprint density at radius 2 is 2.33 bits per heavy atom. The molecule has 0 saturated carbocycles. The second-order valence-corrected chi connectivity index (χ2v) is 4.79. The highest BCUT2D eigenvalue weighted by molar-refractivity contribution is 5.85. The highest BCUT2D eigenvalue weighted by Gasteiger charge is 2.16. The number of carbonyl (C=O) groups excluding carboxylic acids is 1. The molecule has 1 amide bonds. The molecular formula is C14H20ClFN2O3. The number of halogens is 2. The molecule has 7 heteroatoms. The monoisotopic (exact) mass is 318 g/mol. The third kappa shape index (κ3) is 5.59. The van der Waals surface area contributed by atoms with Gasteiger partial charge in [0.2, 0.25) is 5.91 Å². The second-order valence-electron chi connectivity index (χ2n) is 4.79. The average Bonchev–Trinajstić information content (AvgIpc) is 2.46. The van der Waals surface area contributed by atoms with Crippen LogP contribution in [0, 0.1) is 5.82 Å². The topological polar surface area (TPSA) is 70.6 Å². The van der Waals surface area contributed by atoms with Crippen LogP contribution in [0.15, 0.2) is 18.2 Å². The van der Waals surface area contributed by atoms with Crippen molar-refractivity contribution in [2.24, 2.45) is 0 Å². The fourth-order valence-corrected chi connectivity index (χ4v) is 2.08. The van der Waals surface area contributed by atoms with Crippen LogP contribution in [0.3, 0.4) is 0 Å². The van der Waals surface area contributed by atoms with E-state index in [1.165, 1.54) is 12.1 Å². The number of hydrogen-bond acceptors (Lipinski definition) is 4. The first-order valence-electron chi connectivity index (χ1n) is 6.65. The maximum absolute atomic E-state index is 13.4. The summed E-state index contributed by atoms with van der Waals surface area (Å²) in [5.41, 5.74) is 0.921. The number of benzene rings is 1. The minimum Gasteiger partial charge on any atom is -0.392 e. The Bertz CT molecular complexity index is 468. The molecule has 2 rings (SSSR count). The zero-order valence-electron chi connectivity index (χ0n) is 11.6. The Balaban J connectivity index is 0.00000220. The number of nitrogens with one attached hydrogen (secondary N) is 2. The van der Waals surface area contributed by atoms with Crippen molar-refractivity contribution in [3.05, 3.63) is 35.1 Å². The van der Waals surface area contributed by atoms with Crippen molar-refractivity contribution in [1.82, 2.24) is 10.6 Å². The molecule has 1 saturated heterocycles. The van der Waals surface area contributed by atoms with E-state index < -0.39 is 5.82 Å². The van der Waals surface area contributed by atoms with E-state index in [4.69, 9.17) is 9.84 Å². The first-order chi connectivity index (χ1) is 9.69. The summed E-state index contributed by atoms with van der Waals surface area (Å²) in [6, 6.07) is 4.58. The van der Waals surface area contributed by atoms with Gasteiger partial charge in [-0.15, -0.1) is 12.4 Å². The molecule has 1 heterocycles. The molecule has 0 spiro atoms. The first-order valence-corrected chi connectivity index (χ1v) is 6.65. The Morgan fingerprint density at radius 3 is 2.95 bits per heavy atom. The van der Waals surface area contributed by atoms with E-state index in [0.29, 0.717) is 25.2 Å². The van der Waals surface area contributed by atoms with Crippen molar-refractivity contribution in [2.45, 2.75) is 25.6 Å². The van der Waals surface area contributed by atoms with E-state index in [1.54, 1.807) is 6.07 Å². The molecule has 0 aromatic heterocycles. The number of carbonyl (C=O) groups is 1. The summed E-state index contributed by atoms with van der Waals surface area (Å²) in [6.45, 7) is 1.91. The van der Waals surface area contributed by atoms with E-state index in [1.807, 2.05) is 0 Å². The zero-order valence-corrected chi connectivity index (χ0v) is 12.4. The van der Waals surface area contributed by atoms with Crippen molar-refractivity contribution < 1.29 is 19.0 Å². The summed E-state index contributed by atoms with van der Waals surface area (Å²) in [5.74, 6) is -0.554. The lowest BCUT2D eigenvalue weighted by Crippen LogP contribution is -2.44. The van der Waals surface area contributed by atoms with Crippen molar-refractivity contribution >= 4 is 18.3 Å². The van der Waals surface area contributed by atoms with Gasteiger partial charge in [-0.3, -0.25) is 4.79 Å². The van der Waals surface area contributed by atoms with Gasteiger partial charge in [-0.2, -0.15) is 0 Å². The molecule has 0 aliphatic carbocycles. The van der Waals surface area contributed by atoms with E-state index >= 15 is 0 Å². The van der Waals surface area contributed by atoms with Crippen LogP contribution in [0.4, 0.5) is 4.39 Å². The van der Waals surface area contributed by atoms with E-state index in [9.17, 15) is 9.18 Å². The summed E-state index contributed by atoms with van der Waals surface area (Å²) in [7, 11) is 0. The predicted octanol–water partition coefficient (Wildman–Crippen LogP) is 0.734. The van der Waals surface area contributed by atoms with Crippen LogP contribution in [0.25, 0.3) is 0 Å². The number of ether oxygens (including phenoxy) is 1. The molecule has 21 heavy (non-hydrogen) atoms. The molecule has 1 aliphatic rings. The highest BCUT2D eigenvalue weighted by Crippen LogP contribution is 2.10. The van der Waals surface area contributed by atoms with Crippen LogP contribution in [0.5, 0.6) is 0 Å². The molecule has 1 aliphatic heterocycles. The standard InChI is InChI=1S/C14H19FN2O3.ClH/c15-13-5-10(1-2-11(13)8-18)7-17-14(19)6-12-9-20-4-3-16-12;/h1-2,5,12,16,18H,3-4,6-9H2,(H,17,19);1H. The van der Waals surface area contributed by atoms with Gasteiger partial charge in [-0.05, 0) is 11.6 Å². The SMILES string of the molecule is Cl.O=C(CC1COCCN1)NCc1ccc(CO)c(F)c1. The quantitative estimate of drug-likeness (QED) is 0.749. The van der Waals surface area contributed by atoms with Gasteiger partial charge in [0.25, 0.3) is 0 Å². The maximum atomic E-state index is 13.4. The van der Waals surface area contributed by atoms with Gasteiger partial charge >= 0.3 is 0 Å². The third-order valence-electron chi connectivity index (χ3n) is 3.21. The normalized spacial score (nSPS) is 17.9. The molecule has 0 radical (unpaired) electrons. The van der Waals surface area contributed by atoms with Crippen molar-refractivity contribution in [1.29, 1.82) is 0 Å². The van der Waals surface area contributed by atoms with Crippen LogP contribution in [-0.4, -0.2) is 36.8 Å². The van der Waals surface area contributed by atoms with E-state index in [0.717, 1.165) is 6.54 Å². The van der Waals surface area contributed by atoms with Crippen molar-refractivity contribution in [3.8, 4) is 0 Å². The molecule has 1 atom stereocenters. The van der Waals surface area contributed by atoms with Crippen LogP contribution < -0.4 is 10.6 Å². The Labute approximate surface area is 129 Å². The van der Waals surface area contributed by atoms with Crippen molar-refractivity contribution in [2.75, 3.05) is 19.8 Å². The Morgan fingerprint density at radius 1 is 1.52 bits per heavy atom. The highest BCUT2D eigenvalue weighted by atomic mass is 35.5. The van der Waals surface area contributed by atoms with Crippen LogP contribution in [0.1, 0.15) is 17.5 Å². The van der Waals surface area contributed by atoms with E-state index in [2.05, 4.69) is 10.6 Å². The zero-order chi connectivity index (χ0) is 14.4. The lowest BCUT2D eigenvalue weighted by molar-refractivity contribution is -0.122. The number of rotatable bonds is 5. The van der Waals surface area contributed by atoms with Crippen LogP contribution >= 0.6 is 12.4 Å². The summed E-state index contributed by atoms with van der Waals surface area (Å²) in [6.07, 6.45) is 0.344. The van der Waals surface area contributed by atoms with Gasteiger partial charge in [0.1, 0.15) is 5.82 Å². The van der Waals surface area contributed by atoms with Gasteiger partial charge in [0.15, 0.2) is 0 Å². The summed E-state index contributed by atoms with van der Waals surface area (Å²) >= 11 is 0. The molecule has 1 aromatic rings. The van der Waals surface area contributed by atoms with Crippen LogP contribution in [0.2, 0.25) is 0 Å². The number of morpholine rings is 1. The summed E-state index contributed by atoms with van der Waals surface area (Å²) in [5, 5.41) is 14.8. The smallest absolute Gasteiger partial charge is 0.221 e. The predicted molar refractivity (Wildman–Crippen MR) is 78.6 cm³/mol. The maximum Gasteiger partial charge on any atom is 0.221 e. The largest absolute Gasteiger partial charge is 0.392 e. The molecule has 3 N–H and O–H groups in total. The molecule has 1 aromatic carbocycles. The molecule has 1 unspecified atom stereocenters. The fourth-order valence-electron chi connectivity index (χ4n) is 2.08. The average molecular weight is 319 g/mol. The molecular weight excluding hydrogens is 299 g/mol. The van der Waals surface area contributed by atoms with Crippen molar-refractivity contribution in [3.63, 3.8) is 0 Å². The third-order valence-corrected chi connectivity index (χ3v) is 3.21. The molecule has 118 valence electrons. The number of amides is 1. The first kappa shape index (κ1) is 17.8. The fraction of sp³-hybridized carbons (Fsp3) is 0.500.